The van der Waals surface area contributed by atoms with Crippen molar-refractivity contribution < 1.29 is 13.9 Å². The number of amides is 1. The highest BCUT2D eigenvalue weighted by molar-refractivity contribution is 6.04. The van der Waals surface area contributed by atoms with E-state index in [4.69, 9.17) is 10.5 Å². The fraction of sp³-hybridized carbons (Fsp3) is 0.188. The molecule has 0 fully saturated rings. The van der Waals surface area contributed by atoms with E-state index in [1.165, 1.54) is 12.1 Å². The molecule has 0 saturated heterocycles. The molecule has 4 nitrogen and oxygen atoms in total. The number of nitrogens with two attached hydrogens (primary N) is 1. The van der Waals surface area contributed by atoms with Crippen LogP contribution in [0.4, 0.5) is 15.8 Å². The molecule has 0 bridgehead atoms. The molecule has 2 aromatic rings. The number of hydrogen-bond acceptors (Lipinski definition) is 3. The molecule has 110 valence electrons. The monoisotopic (exact) mass is 288 g/mol. The minimum Gasteiger partial charge on any atom is -0.494 e. The van der Waals surface area contributed by atoms with Gasteiger partial charge in [-0.1, -0.05) is 13.0 Å². The van der Waals surface area contributed by atoms with E-state index in [9.17, 15) is 9.18 Å². The largest absolute Gasteiger partial charge is 0.494 e. The summed E-state index contributed by atoms with van der Waals surface area (Å²) in [6.07, 6.45) is 0.904. The molecule has 2 aromatic carbocycles. The lowest BCUT2D eigenvalue weighted by atomic mass is 10.2. The molecule has 0 aliphatic heterocycles. The number of nitrogen functional groups attached to an aromatic ring is 1. The van der Waals surface area contributed by atoms with Gasteiger partial charge in [0.2, 0.25) is 0 Å². The van der Waals surface area contributed by atoms with Crippen LogP contribution in [0.15, 0.2) is 42.5 Å². The first-order chi connectivity index (χ1) is 10.1. The van der Waals surface area contributed by atoms with Crippen molar-refractivity contribution in [3.63, 3.8) is 0 Å². The topological polar surface area (TPSA) is 64.3 Å². The Morgan fingerprint density at radius 2 is 2.10 bits per heavy atom. The molecule has 21 heavy (non-hydrogen) atoms. The predicted octanol–water partition coefficient (Wildman–Crippen LogP) is 3.45. The summed E-state index contributed by atoms with van der Waals surface area (Å²) in [7, 11) is 0. The van der Waals surface area contributed by atoms with Crippen LogP contribution >= 0.6 is 0 Å². The van der Waals surface area contributed by atoms with E-state index >= 15 is 0 Å². The summed E-state index contributed by atoms with van der Waals surface area (Å²) in [6.45, 7) is 2.63. The van der Waals surface area contributed by atoms with Gasteiger partial charge < -0.3 is 15.8 Å². The number of hydrogen-bond donors (Lipinski definition) is 2. The minimum atomic E-state index is -0.609. The highest BCUT2D eigenvalue weighted by Crippen LogP contribution is 2.19. The summed E-state index contributed by atoms with van der Waals surface area (Å²) in [5.74, 6) is -0.331. The Hall–Kier alpha value is -2.56. The molecule has 5 heteroatoms. The SMILES string of the molecule is CCCOc1cccc(NC(=O)c2ccc(N)c(F)c2)c1. The fourth-order valence-corrected chi connectivity index (χ4v) is 1.76. The first-order valence-corrected chi connectivity index (χ1v) is 6.69. The first-order valence-electron chi connectivity index (χ1n) is 6.69. The molecule has 0 saturated carbocycles. The van der Waals surface area contributed by atoms with Gasteiger partial charge in [0.1, 0.15) is 11.6 Å². The van der Waals surface area contributed by atoms with Crippen molar-refractivity contribution in [1.82, 2.24) is 0 Å². The molecule has 0 aliphatic rings. The average molecular weight is 288 g/mol. The second-order valence-electron chi connectivity index (χ2n) is 4.57. The van der Waals surface area contributed by atoms with E-state index in [0.29, 0.717) is 18.0 Å². The van der Waals surface area contributed by atoms with Gasteiger partial charge in [0.25, 0.3) is 5.91 Å². The smallest absolute Gasteiger partial charge is 0.255 e. The van der Waals surface area contributed by atoms with E-state index in [2.05, 4.69) is 5.32 Å². The lowest BCUT2D eigenvalue weighted by molar-refractivity contribution is 0.102. The normalized spacial score (nSPS) is 10.2. The second-order valence-corrected chi connectivity index (χ2v) is 4.57. The minimum absolute atomic E-state index is 0.0153. The quantitative estimate of drug-likeness (QED) is 0.828. The van der Waals surface area contributed by atoms with E-state index in [-0.39, 0.29) is 11.3 Å². The van der Waals surface area contributed by atoms with E-state index in [1.54, 1.807) is 18.2 Å². The first kappa shape index (κ1) is 14.8. The Bertz CT molecular complexity index is 644. The molecular weight excluding hydrogens is 271 g/mol. The molecule has 0 atom stereocenters. The van der Waals surface area contributed by atoms with Crippen molar-refractivity contribution in [3.8, 4) is 5.75 Å². The van der Waals surface area contributed by atoms with Crippen molar-refractivity contribution in [2.45, 2.75) is 13.3 Å². The molecule has 0 spiro atoms. The van der Waals surface area contributed by atoms with Crippen LogP contribution in [0.5, 0.6) is 5.75 Å². The fourth-order valence-electron chi connectivity index (χ4n) is 1.76. The number of benzene rings is 2. The van der Waals surface area contributed by atoms with Gasteiger partial charge in [0, 0.05) is 17.3 Å². The second kappa shape index (κ2) is 6.74. The molecule has 3 N–H and O–H groups in total. The third-order valence-corrected chi connectivity index (χ3v) is 2.83. The van der Waals surface area contributed by atoms with Gasteiger partial charge >= 0.3 is 0 Å². The molecule has 2 rings (SSSR count). The van der Waals surface area contributed by atoms with Crippen LogP contribution in [-0.4, -0.2) is 12.5 Å². The van der Waals surface area contributed by atoms with Gasteiger partial charge in [-0.05, 0) is 36.8 Å². The predicted molar refractivity (Wildman–Crippen MR) is 81.0 cm³/mol. The number of nitrogens with one attached hydrogen (secondary N) is 1. The molecule has 1 amide bonds. The number of carbonyl (C=O) groups is 1. The molecular formula is C16H17FN2O2. The summed E-state index contributed by atoms with van der Waals surface area (Å²) in [5, 5.41) is 2.70. The third-order valence-electron chi connectivity index (χ3n) is 2.83. The number of rotatable bonds is 5. The van der Waals surface area contributed by atoms with Gasteiger partial charge in [0.15, 0.2) is 0 Å². The summed E-state index contributed by atoms with van der Waals surface area (Å²) >= 11 is 0. The van der Waals surface area contributed by atoms with Crippen molar-refractivity contribution in [3.05, 3.63) is 53.8 Å². The molecule has 0 radical (unpaired) electrons. The van der Waals surface area contributed by atoms with E-state index in [0.717, 1.165) is 12.5 Å². The molecule has 0 unspecified atom stereocenters. The van der Waals surface area contributed by atoms with E-state index < -0.39 is 11.7 Å². The maximum Gasteiger partial charge on any atom is 0.255 e. The third kappa shape index (κ3) is 3.95. The highest BCUT2D eigenvalue weighted by atomic mass is 19.1. The number of carbonyl (C=O) groups excluding carboxylic acids is 1. The number of anilines is 2. The van der Waals surface area contributed by atoms with Gasteiger partial charge in [-0.2, -0.15) is 0 Å². The van der Waals surface area contributed by atoms with Crippen molar-refractivity contribution in [2.75, 3.05) is 17.7 Å². The molecule has 0 aromatic heterocycles. The Morgan fingerprint density at radius 3 is 2.81 bits per heavy atom. The van der Waals surface area contributed by atoms with Crippen LogP contribution < -0.4 is 15.8 Å². The Morgan fingerprint density at radius 1 is 1.29 bits per heavy atom. The van der Waals surface area contributed by atoms with Crippen LogP contribution in [0.25, 0.3) is 0 Å². The van der Waals surface area contributed by atoms with Gasteiger partial charge in [-0.25, -0.2) is 4.39 Å². The summed E-state index contributed by atoms with van der Waals surface area (Å²) in [6, 6.07) is 11.0. The van der Waals surface area contributed by atoms with Crippen molar-refractivity contribution in [1.29, 1.82) is 0 Å². The zero-order valence-electron chi connectivity index (χ0n) is 11.7. The van der Waals surface area contributed by atoms with E-state index in [1.807, 2.05) is 13.0 Å². The Labute approximate surface area is 122 Å². The maximum atomic E-state index is 13.4. The molecule has 0 aliphatic carbocycles. The van der Waals surface area contributed by atoms with Crippen molar-refractivity contribution >= 4 is 17.3 Å². The zero-order valence-corrected chi connectivity index (χ0v) is 11.7. The standard InChI is InChI=1S/C16H17FN2O2/c1-2-8-21-13-5-3-4-12(10-13)19-16(20)11-6-7-15(18)14(17)9-11/h3-7,9-10H,2,8,18H2,1H3,(H,19,20). The maximum absolute atomic E-state index is 13.4. The van der Waals surface area contributed by atoms with Crippen LogP contribution in [-0.2, 0) is 0 Å². The zero-order chi connectivity index (χ0) is 15.2. The molecule has 0 heterocycles. The lowest BCUT2D eigenvalue weighted by Gasteiger charge is -2.09. The number of ether oxygens (including phenoxy) is 1. The summed E-state index contributed by atoms with van der Waals surface area (Å²) in [4.78, 5) is 12.0. The van der Waals surface area contributed by atoms with Crippen LogP contribution in [0.2, 0.25) is 0 Å². The summed E-state index contributed by atoms with van der Waals surface area (Å²) in [5.41, 5.74) is 6.20. The summed E-state index contributed by atoms with van der Waals surface area (Å²) < 4.78 is 18.8. The van der Waals surface area contributed by atoms with Crippen molar-refractivity contribution in [2.24, 2.45) is 0 Å². The van der Waals surface area contributed by atoms with Crippen LogP contribution in [0, 0.1) is 5.82 Å². The van der Waals surface area contributed by atoms with Crippen LogP contribution in [0.3, 0.4) is 0 Å². The average Bonchev–Trinajstić information content (AvgIpc) is 2.48. The Balaban J connectivity index is 2.10. The Kier molecular flexibility index (Phi) is 4.77. The van der Waals surface area contributed by atoms with Gasteiger partial charge in [0.05, 0.1) is 12.3 Å². The van der Waals surface area contributed by atoms with Crippen LogP contribution in [0.1, 0.15) is 23.7 Å². The highest BCUT2D eigenvalue weighted by Gasteiger charge is 2.09. The number of halogens is 1. The lowest BCUT2D eigenvalue weighted by Crippen LogP contribution is -2.12. The van der Waals surface area contributed by atoms with Gasteiger partial charge in [-0.3, -0.25) is 4.79 Å². The van der Waals surface area contributed by atoms with Gasteiger partial charge in [-0.15, -0.1) is 0 Å².